The lowest BCUT2D eigenvalue weighted by molar-refractivity contribution is -0.115. The number of aryl methyl sites for hydroxylation is 3. The van der Waals surface area contributed by atoms with Crippen LogP contribution in [0.1, 0.15) is 64.5 Å². The van der Waals surface area contributed by atoms with E-state index in [1.165, 1.54) is 0 Å². The molecule has 4 aromatic carbocycles. The third-order valence-electron chi connectivity index (χ3n) is 8.16. The zero-order valence-corrected chi connectivity index (χ0v) is 24.4. The molecule has 0 fully saturated rings. The summed E-state index contributed by atoms with van der Waals surface area (Å²) < 4.78 is 13.0. The van der Waals surface area contributed by atoms with Gasteiger partial charge in [-0.25, -0.2) is 4.79 Å². The van der Waals surface area contributed by atoms with Crippen LogP contribution in [0.15, 0.2) is 72.8 Å². The summed E-state index contributed by atoms with van der Waals surface area (Å²) in [5.74, 6) is 0.754. The van der Waals surface area contributed by atoms with Gasteiger partial charge in [0, 0.05) is 54.1 Å². The molecule has 1 spiro atoms. The molecule has 0 bridgehead atoms. The molecule has 1 unspecified atom stereocenters. The molecule has 2 heterocycles. The predicted molar refractivity (Wildman–Crippen MR) is 162 cm³/mol. The first-order valence-electron chi connectivity index (χ1n) is 14.1. The van der Waals surface area contributed by atoms with Crippen molar-refractivity contribution in [2.45, 2.75) is 47.1 Å². The van der Waals surface area contributed by atoms with Crippen LogP contribution < -0.4 is 14.5 Å². The van der Waals surface area contributed by atoms with E-state index in [-0.39, 0.29) is 11.9 Å². The quantitative estimate of drug-likeness (QED) is 0.240. The third-order valence-corrected chi connectivity index (χ3v) is 8.16. The standard InChI is InChI=1S/C35H34N2O4/c1-7-36(8-2)25-13-14-29-33(19-25)40-32-18-23(5)31(37(24(6)38)26-16-21(3)15-22(4)17-26)20-30(32)35(29)28-12-10-9-11-27(28)34(39)41-35/h9-20H,7-8H2,1-6H3. The highest BCUT2D eigenvalue weighted by atomic mass is 16.6. The molecule has 6 heteroatoms. The van der Waals surface area contributed by atoms with Crippen molar-refractivity contribution in [1.29, 1.82) is 0 Å². The summed E-state index contributed by atoms with van der Waals surface area (Å²) in [6, 6.07) is 23.6. The third kappa shape index (κ3) is 4.08. The van der Waals surface area contributed by atoms with Gasteiger partial charge in [-0.15, -0.1) is 0 Å². The number of rotatable bonds is 5. The molecule has 0 saturated carbocycles. The zero-order chi connectivity index (χ0) is 29.1. The molecule has 4 aromatic rings. The highest BCUT2D eigenvalue weighted by Gasteiger charge is 2.54. The maximum absolute atomic E-state index is 13.4. The van der Waals surface area contributed by atoms with E-state index in [1.807, 2.05) is 75.4 Å². The van der Waals surface area contributed by atoms with Gasteiger partial charge >= 0.3 is 5.97 Å². The van der Waals surface area contributed by atoms with E-state index in [9.17, 15) is 9.59 Å². The van der Waals surface area contributed by atoms with Gasteiger partial charge in [0.1, 0.15) is 11.5 Å². The van der Waals surface area contributed by atoms with Gasteiger partial charge in [0.2, 0.25) is 5.91 Å². The van der Waals surface area contributed by atoms with Gasteiger partial charge in [0.15, 0.2) is 5.60 Å². The Morgan fingerprint density at radius 2 is 1.46 bits per heavy atom. The van der Waals surface area contributed by atoms with Crippen molar-refractivity contribution in [3.8, 4) is 11.5 Å². The molecular weight excluding hydrogens is 512 g/mol. The van der Waals surface area contributed by atoms with Crippen LogP contribution >= 0.6 is 0 Å². The Bertz CT molecular complexity index is 1700. The molecule has 6 rings (SSSR count). The number of carbonyl (C=O) groups is 2. The normalized spacial score (nSPS) is 16.4. The molecule has 0 aromatic heterocycles. The van der Waals surface area contributed by atoms with E-state index >= 15 is 0 Å². The van der Waals surface area contributed by atoms with Crippen LogP contribution in [0.4, 0.5) is 17.1 Å². The van der Waals surface area contributed by atoms with Crippen LogP contribution in [0, 0.1) is 20.8 Å². The number of ether oxygens (including phenoxy) is 2. The summed E-state index contributed by atoms with van der Waals surface area (Å²) in [5, 5.41) is 0. The van der Waals surface area contributed by atoms with Crippen molar-refractivity contribution >= 4 is 28.9 Å². The minimum Gasteiger partial charge on any atom is -0.456 e. The lowest BCUT2D eigenvalue weighted by Crippen LogP contribution is -2.34. The van der Waals surface area contributed by atoms with E-state index in [0.717, 1.165) is 52.3 Å². The maximum Gasteiger partial charge on any atom is 0.340 e. The summed E-state index contributed by atoms with van der Waals surface area (Å²) >= 11 is 0. The summed E-state index contributed by atoms with van der Waals surface area (Å²) in [7, 11) is 0. The fourth-order valence-electron chi connectivity index (χ4n) is 6.39. The summed E-state index contributed by atoms with van der Waals surface area (Å²) in [4.78, 5) is 30.6. The van der Waals surface area contributed by atoms with Gasteiger partial charge < -0.3 is 14.4 Å². The van der Waals surface area contributed by atoms with E-state index in [2.05, 4.69) is 30.9 Å². The molecule has 0 aliphatic carbocycles. The molecule has 2 aliphatic heterocycles. The van der Waals surface area contributed by atoms with Crippen LogP contribution in [-0.2, 0) is 15.1 Å². The molecule has 41 heavy (non-hydrogen) atoms. The highest BCUT2D eigenvalue weighted by molar-refractivity contribution is 6.01. The molecule has 1 amide bonds. The largest absolute Gasteiger partial charge is 0.456 e. The fraction of sp³-hybridized carbons (Fsp3) is 0.257. The molecule has 2 aliphatic rings. The molecular formula is C35H34N2O4. The Hall–Kier alpha value is -4.58. The second kappa shape index (κ2) is 9.81. The summed E-state index contributed by atoms with van der Waals surface area (Å²) in [5.41, 5.74) is 7.07. The van der Waals surface area contributed by atoms with Crippen LogP contribution in [0.25, 0.3) is 0 Å². The molecule has 0 radical (unpaired) electrons. The van der Waals surface area contributed by atoms with Gasteiger partial charge in [-0.2, -0.15) is 0 Å². The van der Waals surface area contributed by atoms with E-state index in [4.69, 9.17) is 9.47 Å². The van der Waals surface area contributed by atoms with Crippen molar-refractivity contribution in [2.75, 3.05) is 22.9 Å². The zero-order valence-electron chi connectivity index (χ0n) is 24.4. The van der Waals surface area contributed by atoms with E-state index in [1.54, 1.807) is 17.9 Å². The smallest absolute Gasteiger partial charge is 0.340 e. The average molecular weight is 547 g/mol. The minimum absolute atomic E-state index is 0.114. The van der Waals surface area contributed by atoms with E-state index < -0.39 is 5.60 Å². The average Bonchev–Trinajstić information content (AvgIpc) is 3.22. The second-order valence-corrected chi connectivity index (χ2v) is 10.9. The summed E-state index contributed by atoms with van der Waals surface area (Å²) in [6.07, 6.45) is 0. The van der Waals surface area contributed by atoms with Crippen LogP contribution in [-0.4, -0.2) is 25.0 Å². The van der Waals surface area contributed by atoms with Crippen molar-refractivity contribution in [2.24, 2.45) is 0 Å². The van der Waals surface area contributed by atoms with Gasteiger partial charge in [0.25, 0.3) is 0 Å². The van der Waals surface area contributed by atoms with Crippen LogP contribution in [0.3, 0.4) is 0 Å². The van der Waals surface area contributed by atoms with Crippen molar-refractivity contribution in [3.05, 3.63) is 112 Å². The number of hydrogen-bond donors (Lipinski definition) is 0. The molecule has 208 valence electrons. The number of amides is 1. The highest BCUT2D eigenvalue weighted by Crippen LogP contribution is 2.57. The first-order valence-corrected chi connectivity index (χ1v) is 14.1. The number of fused-ring (bicyclic) bond motifs is 6. The fourth-order valence-corrected chi connectivity index (χ4v) is 6.39. The monoisotopic (exact) mass is 546 g/mol. The Morgan fingerprint density at radius 3 is 2.15 bits per heavy atom. The van der Waals surface area contributed by atoms with Gasteiger partial charge in [-0.1, -0.05) is 24.3 Å². The molecule has 0 saturated heterocycles. The van der Waals surface area contributed by atoms with Crippen molar-refractivity contribution in [3.63, 3.8) is 0 Å². The predicted octanol–water partition coefficient (Wildman–Crippen LogP) is 7.71. The maximum atomic E-state index is 13.4. The van der Waals surface area contributed by atoms with Gasteiger partial charge in [-0.05, 0) is 93.8 Å². The lowest BCUT2D eigenvalue weighted by Gasteiger charge is -2.38. The SMILES string of the molecule is CCN(CC)c1ccc2c(c1)Oc1cc(C)c(N(C(C)=O)c3cc(C)cc(C)c3)cc1C21OC(=O)c2ccccc21. The number of benzene rings is 4. The first kappa shape index (κ1) is 26.6. The lowest BCUT2D eigenvalue weighted by atomic mass is 9.77. The van der Waals surface area contributed by atoms with Crippen molar-refractivity contribution < 1.29 is 19.1 Å². The topological polar surface area (TPSA) is 59.1 Å². The number of nitrogens with zero attached hydrogens (tertiary/aromatic N) is 2. The molecule has 0 N–H and O–H groups in total. The summed E-state index contributed by atoms with van der Waals surface area (Å²) in [6.45, 7) is 13.5. The Labute approximate surface area is 241 Å². The second-order valence-electron chi connectivity index (χ2n) is 10.9. The first-order chi connectivity index (χ1) is 19.7. The number of esters is 1. The van der Waals surface area contributed by atoms with Crippen molar-refractivity contribution in [1.82, 2.24) is 0 Å². The van der Waals surface area contributed by atoms with Gasteiger partial charge in [-0.3, -0.25) is 9.69 Å². The van der Waals surface area contributed by atoms with Crippen LogP contribution in [0.2, 0.25) is 0 Å². The number of carbonyl (C=O) groups excluding carboxylic acids is 2. The van der Waals surface area contributed by atoms with Gasteiger partial charge in [0.05, 0.1) is 11.3 Å². The molecule has 6 nitrogen and oxygen atoms in total. The minimum atomic E-state index is -1.22. The van der Waals surface area contributed by atoms with Crippen LogP contribution in [0.5, 0.6) is 11.5 Å². The number of hydrogen-bond acceptors (Lipinski definition) is 5. The Morgan fingerprint density at radius 1 is 0.780 bits per heavy atom. The van der Waals surface area contributed by atoms with E-state index in [0.29, 0.717) is 28.3 Å². The number of anilines is 3. The molecule has 1 atom stereocenters. The Kier molecular flexibility index (Phi) is 6.37. The Balaban J connectivity index is 1.63.